The fourth-order valence-corrected chi connectivity index (χ4v) is 2.32. The lowest BCUT2D eigenvalue weighted by molar-refractivity contribution is -0.143. The Morgan fingerprint density at radius 1 is 0.964 bits per heavy atom. The predicted octanol–water partition coefficient (Wildman–Crippen LogP) is 2.74. The number of nitrogens with one attached hydrogen (secondary N) is 1. The highest BCUT2D eigenvalue weighted by Gasteiger charge is 2.19. The van der Waals surface area contributed by atoms with Crippen LogP contribution in [0.25, 0.3) is 6.08 Å². The minimum absolute atomic E-state index is 0.154. The predicted molar refractivity (Wildman–Crippen MR) is 104 cm³/mol. The van der Waals surface area contributed by atoms with E-state index < -0.39 is 11.9 Å². The summed E-state index contributed by atoms with van der Waals surface area (Å²) in [6.07, 6.45) is 1.35. The van der Waals surface area contributed by atoms with Crippen LogP contribution in [-0.4, -0.2) is 38.7 Å². The van der Waals surface area contributed by atoms with Gasteiger partial charge in [-0.3, -0.25) is 4.79 Å². The van der Waals surface area contributed by atoms with Crippen molar-refractivity contribution in [3.63, 3.8) is 0 Å². The maximum Gasteiger partial charge on any atom is 0.345 e. The second kappa shape index (κ2) is 9.91. The van der Waals surface area contributed by atoms with E-state index in [2.05, 4.69) is 14.8 Å². The summed E-state index contributed by atoms with van der Waals surface area (Å²) < 4.78 is 14.6. The maximum absolute atomic E-state index is 12.0. The Hall–Kier alpha value is -3.61. The number of carbonyl (C=O) groups is 3. The highest BCUT2D eigenvalue weighted by molar-refractivity contribution is 6.17. The van der Waals surface area contributed by atoms with E-state index in [1.165, 1.54) is 20.3 Å². The zero-order valence-corrected chi connectivity index (χ0v) is 15.9. The smallest absolute Gasteiger partial charge is 0.345 e. The Morgan fingerprint density at radius 3 is 2.18 bits per heavy atom. The van der Waals surface area contributed by atoms with Crippen LogP contribution < -0.4 is 10.1 Å². The molecule has 0 unspecified atom stereocenters. The molecule has 0 saturated heterocycles. The number of benzene rings is 2. The van der Waals surface area contributed by atoms with Crippen LogP contribution in [-0.2, 0) is 23.9 Å². The zero-order chi connectivity index (χ0) is 20.5. The van der Waals surface area contributed by atoms with Crippen molar-refractivity contribution in [2.75, 3.05) is 26.1 Å². The lowest BCUT2D eigenvalue weighted by Crippen LogP contribution is -2.20. The molecule has 2 rings (SSSR count). The van der Waals surface area contributed by atoms with Crippen LogP contribution in [0.15, 0.2) is 54.1 Å². The summed E-state index contributed by atoms with van der Waals surface area (Å²) >= 11 is 0. The van der Waals surface area contributed by atoms with Crippen molar-refractivity contribution in [3.8, 4) is 5.75 Å². The Labute approximate surface area is 162 Å². The van der Waals surface area contributed by atoms with Crippen LogP contribution >= 0.6 is 0 Å². The van der Waals surface area contributed by atoms with Crippen molar-refractivity contribution in [3.05, 3.63) is 65.2 Å². The summed E-state index contributed by atoms with van der Waals surface area (Å²) in [5.74, 6) is -1.40. The van der Waals surface area contributed by atoms with Gasteiger partial charge >= 0.3 is 11.9 Å². The third kappa shape index (κ3) is 5.98. The van der Waals surface area contributed by atoms with E-state index in [0.29, 0.717) is 17.0 Å². The summed E-state index contributed by atoms with van der Waals surface area (Å²) in [7, 11) is 2.36. The normalized spacial score (nSPS) is 9.82. The molecule has 0 fully saturated rings. The van der Waals surface area contributed by atoms with Crippen molar-refractivity contribution in [2.24, 2.45) is 0 Å². The largest absolute Gasteiger partial charge is 0.484 e. The molecule has 146 valence electrons. The van der Waals surface area contributed by atoms with E-state index in [9.17, 15) is 14.4 Å². The number of hydrogen-bond acceptors (Lipinski definition) is 6. The maximum atomic E-state index is 12.0. The number of hydrogen-bond donors (Lipinski definition) is 1. The first-order chi connectivity index (χ1) is 13.4. The molecule has 0 heterocycles. The van der Waals surface area contributed by atoms with Crippen molar-refractivity contribution < 1.29 is 28.6 Å². The SMILES string of the molecule is COC(=O)C(=Cc1ccc(OCC(=O)Nc2cccc(C)c2)cc1)C(=O)OC. The van der Waals surface area contributed by atoms with Crippen molar-refractivity contribution in [1.29, 1.82) is 0 Å². The summed E-state index contributed by atoms with van der Waals surface area (Å²) in [6, 6.07) is 14.0. The number of methoxy groups -OCH3 is 2. The van der Waals surface area contributed by atoms with Gasteiger partial charge in [0.1, 0.15) is 11.3 Å². The zero-order valence-electron chi connectivity index (χ0n) is 15.9. The second-order valence-electron chi connectivity index (χ2n) is 5.82. The molecular formula is C21H21NO6. The number of rotatable bonds is 7. The van der Waals surface area contributed by atoms with Gasteiger partial charge in [-0.15, -0.1) is 0 Å². The molecule has 0 atom stereocenters. The molecule has 0 aliphatic carbocycles. The molecule has 7 heteroatoms. The standard InChI is InChI=1S/C21H21NO6/c1-14-5-4-6-16(11-14)22-19(23)13-28-17-9-7-15(8-10-17)12-18(20(24)26-2)21(25)27-3/h4-12H,13H2,1-3H3,(H,22,23). The summed E-state index contributed by atoms with van der Waals surface area (Å²) in [6.45, 7) is 1.78. The molecule has 0 radical (unpaired) electrons. The van der Waals surface area contributed by atoms with Gasteiger partial charge in [0.25, 0.3) is 5.91 Å². The summed E-state index contributed by atoms with van der Waals surface area (Å²) in [5, 5.41) is 2.75. The molecular weight excluding hydrogens is 362 g/mol. The molecule has 2 aromatic carbocycles. The van der Waals surface area contributed by atoms with Crippen LogP contribution in [0.1, 0.15) is 11.1 Å². The number of esters is 2. The molecule has 0 aromatic heterocycles. The molecule has 7 nitrogen and oxygen atoms in total. The molecule has 2 aromatic rings. The third-order valence-corrected chi connectivity index (χ3v) is 3.67. The molecule has 0 spiro atoms. The van der Waals surface area contributed by atoms with Gasteiger partial charge in [0, 0.05) is 5.69 Å². The number of carbonyl (C=O) groups excluding carboxylic acids is 3. The fourth-order valence-electron chi connectivity index (χ4n) is 2.32. The van der Waals surface area contributed by atoms with Gasteiger partial charge in [-0.2, -0.15) is 0 Å². The second-order valence-corrected chi connectivity index (χ2v) is 5.82. The lowest BCUT2D eigenvalue weighted by Gasteiger charge is -2.08. The molecule has 28 heavy (non-hydrogen) atoms. The lowest BCUT2D eigenvalue weighted by atomic mass is 10.1. The molecule has 0 aliphatic heterocycles. The Morgan fingerprint density at radius 2 is 1.61 bits per heavy atom. The molecule has 0 bridgehead atoms. The number of amides is 1. The first kappa shape index (κ1) is 20.7. The summed E-state index contributed by atoms with van der Waals surface area (Å²) in [4.78, 5) is 35.3. The van der Waals surface area contributed by atoms with Crippen LogP contribution in [0, 0.1) is 6.92 Å². The van der Waals surface area contributed by atoms with E-state index in [-0.39, 0.29) is 18.1 Å². The van der Waals surface area contributed by atoms with Gasteiger partial charge in [-0.05, 0) is 48.4 Å². The van der Waals surface area contributed by atoms with Gasteiger partial charge in [0.15, 0.2) is 6.61 Å². The van der Waals surface area contributed by atoms with Crippen molar-refractivity contribution >= 4 is 29.6 Å². The van der Waals surface area contributed by atoms with Crippen LogP contribution in [0.3, 0.4) is 0 Å². The van der Waals surface area contributed by atoms with E-state index in [1.807, 2.05) is 25.1 Å². The third-order valence-electron chi connectivity index (χ3n) is 3.67. The summed E-state index contributed by atoms with van der Waals surface area (Å²) in [5.41, 5.74) is 2.09. The van der Waals surface area contributed by atoms with Gasteiger partial charge in [-0.25, -0.2) is 9.59 Å². The quantitative estimate of drug-likeness (QED) is 0.342. The average molecular weight is 383 g/mol. The van der Waals surface area contributed by atoms with Crippen molar-refractivity contribution in [1.82, 2.24) is 0 Å². The van der Waals surface area contributed by atoms with Gasteiger partial charge in [0.05, 0.1) is 14.2 Å². The number of aryl methyl sites for hydroxylation is 1. The van der Waals surface area contributed by atoms with E-state index in [4.69, 9.17) is 4.74 Å². The molecule has 0 aliphatic rings. The van der Waals surface area contributed by atoms with Gasteiger partial charge < -0.3 is 19.5 Å². The average Bonchev–Trinajstić information content (AvgIpc) is 2.70. The van der Waals surface area contributed by atoms with Gasteiger partial charge in [-0.1, -0.05) is 24.3 Å². The highest BCUT2D eigenvalue weighted by atomic mass is 16.5. The fraction of sp³-hybridized carbons (Fsp3) is 0.190. The number of anilines is 1. The Balaban J connectivity index is 1.98. The van der Waals surface area contributed by atoms with E-state index >= 15 is 0 Å². The molecule has 1 amide bonds. The first-order valence-corrected chi connectivity index (χ1v) is 8.40. The van der Waals surface area contributed by atoms with Crippen LogP contribution in [0.5, 0.6) is 5.75 Å². The van der Waals surface area contributed by atoms with E-state index in [0.717, 1.165) is 5.56 Å². The van der Waals surface area contributed by atoms with Crippen LogP contribution in [0.2, 0.25) is 0 Å². The first-order valence-electron chi connectivity index (χ1n) is 8.40. The number of ether oxygens (including phenoxy) is 3. The monoisotopic (exact) mass is 383 g/mol. The minimum Gasteiger partial charge on any atom is -0.484 e. The van der Waals surface area contributed by atoms with Crippen molar-refractivity contribution in [2.45, 2.75) is 6.92 Å². The molecule has 0 saturated carbocycles. The van der Waals surface area contributed by atoms with E-state index in [1.54, 1.807) is 30.3 Å². The Bertz CT molecular complexity index is 868. The topological polar surface area (TPSA) is 90.9 Å². The van der Waals surface area contributed by atoms with Gasteiger partial charge in [0.2, 0.25) is 0 Å². The Kier molecular flexibility index (Phi) is 7.33. The highest BCUT2D eigenvalue weighted by Crippen LogP contribution is 2.16. The minimum atomic E-state index is -0.792. The molecule has 1 N–H and O–H groups in total. The van der Waals surface area contributed by atoms with Crippen LogP contribution in [0.4, 0.5) is 5.69 Å².